The molecular formula is C15H29N3O2. The molecular weight excluding hydrogens is 254 g/mol. The minimum Gasteiger partial charge on any atom is -0.379 e. The maximum atomic E-state index is 12.0. The smallest absolute Gasteiger partial charge is 0.223 e. The zero-order valence-electron chi connectivity index (χ0n) is 12.7. The Bertz CT molecular complexity index is 293. The molecule has 0 aromatic heterocycles. The molecule has 2 aliphatic heterocycles. The summed E-state index contributed by atoms with van der Waals surface area (Å²) in [6, 6.07) is 0.473. The van der Waals surface area contributed by atoms with Gasteiger partial charge < -0.3 is 15.4 Å². The molecule has 1 amide bonds. The number of unbranched alkanes of at least 4 members (excludes halogenated alkanes) is 1. The number of carbonyl (C=O) groups is 1. The summed E-state index contributed by atoms with van der Waals surface area (Å²) in [5, 5.41) is 6.48. The summed E-state index contributed by atoms with van der Waals surface area (Å²) >= 11 is 0. The van der Waals surface area contributed by atoms with Crippen LogP contribution < -0.4 is 10.6 Å². The molecule has 2 N–H and O–H groups in total. The topological polar surface area (TPSA) is 53.6 Å². The molecule has 0 aliphatic carbocycles. The number of carbonyl (C=O) groups excluding carboxylic acids is 1. The number of morpholine rings is 1. The third-order valence-corrected chi connectivity index (χ3v) is 4.30. The average molecular weight is 283 g/mol. The molecule has 0 unspecified atom stereocenters. The minimum atomic E-state index is 0.213. The van der Waals surface area contributed by atoms with Crippen molar-refractivity contribution in [3.05, 3.63) is 0 Å². The van der Waals surface area contributed by atoms with Gasteiger partial charge in [-0.25, -0.2) is 0 Å². The van der Waals surface area contributed by atoms with E-state index in [1.54, 1.807) is 0 Å². The summed E-state index contributed by atoms with van der Waals surface area (Å²) < 4.78 is 5.33. The number of ether oxygens (including phenoxy) is 1. The Kier molecular flexibility index (Phi) is 6.76. The van der Waals surface area contributed by atoms with Crippen LogP contribution in [-0.2, 0) is 9.53 Å². The fourth-order valence-electron chi connectivity index (χ4n) is 3.01. The van der Waals surface area contributed by atoms with Gasteiger partial charge in [-0.05, 0) is 45.7 Å². The number of rotatable bonds is 6. The standard InChI is InChI=1S/C15H29N3O2/c1-13-12-14(4-6-16-13)15(19)17-5-2-3-7-18-8-10-20-11-9-18/h13-14,16H,2-12H2,1H3,(H,17,19)/t13-,14-/m0/s1. The van der Waals surface area contributed by atoms with Crippen LogP contribution in [0.4, 0.5) is 0 Å². The SMILES string of the molecule is C[C@H]1C[C@@H](C(=O)NCCCCN2CCOCC2)CCN1. The van der Waals surface area contributed by atoms with Crippen molar-refractivity contribution in [2.75, 3.05) is 45.9 Å². The molecule has 0 saturated carbocycles. The normalized spacial score (nSPS) is 28.2. The predicted octanol–water partition coefficient (Wildman–Crippen LogP) is 0.603. The van der Waals surface area contributed by atoms with Gasteiger partial charge in [-0.2, -0.15) is 0 Å². The maximum Gasteiger partial charge on any atom is 0.223 e. The van der Waals surface area contributed by atoms with Crippen molar-refractivity contribution in [1.82, 2.24) is 15.5 Å². The third kappa shape index (κ3) is 5.38. The summed E-state index contributed by atoms with van der Waals surface area (Å²) in [5.74, 6) is 0.468. The van der Waals surface area contributed by atoms with E-state index in [2.05, 4.69) is 22.5 Å². The van der Waals surface area contributed by atoms with Gasteiger partial charge in [-0.15, -0.1) is 0 Å². The molecule has 2 fully saturated rings. The van der Waals surface area contributed by atoms with Crippen molar-refractivity contribution in [3.63, 3.8) is 0 Å². The lowest BCUT2D eigenvalue weighted by atomic mass is 9.92. The van der Waals surface area contributed by atoms with Crippen molar-refractivity contribution in [2.45, 2.75) is 38.6 Å². The van der Waals surface area contributed by atoms with Gasteiger partial charge in [0.1, 0.15) is 0 Å². The largest absolute Gasteiger partial charge is 0.379 e. The fraction of sp³-hybridized carbons (Fsp3) is 0.933. The van der Waals surface area contributed by atoms with Crippen LogP contribution in [0.25, 0.3) is 0 Å². The second-order valence-corrected chi connectivity index (χ2v) is 6.03. The van der Waals surface area contributed by atoms with E-state index >= 15 is 0 Å². The quantitative estimate of drug-likeness (QED) is 0.701. The zero-order chi connectivity index (χ0) is 14.2. The molecule has 5 nitrogen and oxygen atoms in total. The highest BCUT2D eigenvalue weighted by Gasteiger charge is 2.24. The van der Waals surface area contributed by atoms with E-state index in [1.165, 1.54) is 0 Å². The van der Waals surface area contributed by atoms with Crippen LogP contribution in [0.2, 0.25) is 0 Å². The third-order valence-electron chi connectivity index (χ3n) is 4.30. The van der Waals surface area contributed by atoms with Crippen LogP contribution in [0.15, 0.2) is 0 Å². The number of nitrogens with zero attached hydrogens (tertiary/aromatic N) is 1. The first-order chi connectivity index (χ1) is 9.75. The summed E-state index contributed by atoms with van der Waals surface area (Å²) in [6.45, 7) is 8.91. The molecule has 2 saturated heterocycles. The molecule has 2 aliphatic rings. The lowest BCUT2D eigenvalue weighted by Crippen LogP contribution is -2.42. The number of hydrogen-bond donors (Lipinski definition) is 2. The van der Waals surface area contributed by atoms with Crippen molar-refractivity contribution < 1.29 is 9.53 Å². The molecule has 5 heteroatoms. The first-order valence-corrected chi connectivity index (χ1v) is 8.07. The van der Waals surface area contributed by atoms with Crippen molar-refractivity contribution >= 4 is 5.91 Å². The van der Waals surface area contributed by atoms with Gasteiger partial charge in [-0.1, -0.05) is 0 Å². The Balaban J connectivity index is 1.50. The molecule has 0 bridgehead atoms. The molecule has 0 aromatic rings. The van der Waals surface area contributed by atoms with E-state index in [1.807, 2.05) is 0 Å². The molecule has 2 heterocycles. The summed E-state index contributed by atoms with van der Waals surface area (Å²) in [6.07, 6.45) is 4.18. The maximum absolute atomic E-state index is 12.0. The number of nitrogens with one attached hydrogen (secondary N) is 2. The minimum absolute atomic E-state index is 0.213. The van der Waals surface area contributed by atoms with E-state index in [-0.39, 0.29) is 11.8 Å². The Hall–Kier alpha value is -0.650. The van der Waals surface area contributed by atoms with Crippen LogP contribution in [0.5, 0.6) is 0 Å². The van der Waals surface area contributed by atoms with Crippen LogP contribution in [0.1, 0.15) is 32.6 Å². The van der Waals surface area contributed by atoms with Crippen molar-refractivity contribution in [2.24, 2.45) is 5.92 Å². The number of hydrogen-bond acceptors (Lipinski definition) is 4. The highest BCUT2D eigenvalue weighted by Crippen LogP contribution is 2.15. The summed E-state index contributed by atoms with van der Waals surface area (Å²) in [7, 11) is 0. The van der Waals surface area contributed by atoms with Crippen LogP contribution in [0, 0.1) is 5.92 Å². The van der Waals surface area contributed by atoms with E-state index in [0.29, 0.717) is 6.04 Å². The first-order valence-electron chi connectivity index (χ1n) is 8.07. The van der Waals surface area contributed by atoms with Gasteiger partial charge >= 0.3 is 0 Å². The van der Waals surface area contributed by atoms with Crippen LogP contribution in [-0.4, -0.2) is 62.8 Å². The summed E-state index contributed by atoms with van der Waals surface area (Å²) in [4.78, 5) is 14.5. The zero-order valence-corrected chi connectivity index (χ0v) is 12.7. The number of amides is 1. The lowest BCUT2D eigenvalue weighted by molar-refractivity contribution is -0.126. The Labute approximate surface area is 122 Å². The van der Waals surface area contributed by atoms with Gasteiger partial charge in [0.2, 0.25) is 5.91 Å². The summed E-state index contributed by atoms with van der Waals surface area (Å²) in [5.41, 5.74) is 0. The molecule has 0 spiro atoms. The van der Waals surface area contributed by atoms with Gasteiger partial charge in [0.25, 0.3) is 0 Å². The second-order valence-electron chi connectivity index (χ2n) is 6.03. The Morgan fingerprint density at radius 2 is 2.15 bits per heavy atom. The first kappa shape index (κ1) is 15.7. The van der Waals surface area contributed by atoms with E-state index < -0.39 is 0 Å². The van der Waals surface area contributed by atoms with Crippen molar-refractivity contribution in [1.29, 1.82) is 0 Å². The Morgan fingerprint density at radius 3 is 2.90 bits per heavy atom. The van der Waals surface area contributed by atoms with E-state index in [4.69, 9.17) is 4.74 Å². The second kappa shape index (κ2) is 8.60. The van der Waals surface area contributed by atoms with Crippen LogP contribution in [0.3, 0.4) is 0 Å². The van der Waals surface area contributed by atoms with Gasteiger partial charge in [0, 0.05) is 31.6 Å². The monoisotopic (exact) mass is 283 g/mol. The predicted molar refractivity (Wildman–Crippen MR) is 79.7 cm³/mol. The van der Waals surface area contributed by atoms with E-state index in [0.717, 1.165) is 71.6 Å². The fourth-order valence-corrected chi connectivity index (χ4v) is 3.01. The molecule has 2 atom stereocenters. The highest BCUT2D eigenvalue weighted by molar-refractivity contribution is 5.78. The van der Waals surface area contributed by atoms with Crippen LogP contribution >= 0.6 is 0 Å². The van der Waals surface area contributed by atoms with Gasteiger partial charge in [0.05, 0.1) is 13.2 Å². The van der Waals surface area contributed by atoms with Crippen molar-refractivity contribution in [3.8, 4) is 0 Å². The average Bonchev–Trinajstić information content (AvgIpc) is 2.48. The van der Waals surface area contributed by atoms with E-state index in [9.17, 15) is 4.79 Å². The van der Waals surface area contributed by atoms with Gasteiger partial charge in [0.15, 0.2) is 0 Å². The molecule has 0 radical (unpaired) electrons. The molecule has 20 heavy (non-hydrogen) atoms. The lowest BCUT2D eigenvalue weighted by Gasteiger charge is -2.27. The number of piperidine rings is 1. The molecule has 116 valence electrons. The highest BCUT2D eigenvalue weighted by atomic mass is 16.5. The Morgan fingerprint density at radius 1 is 1.35 bits per heavy atom. The molecule has 0 aromatic carbocycles. The molecule has 2 rings (SSSR count). The van der Waals surface area contributed by atoms with Gasteiger partial charge in [-0.3, -0.25) is 9.69 Å².